The van der Waals surface area contributed by atoms with Crippen LogP contribution in [0, 0.1) is 19.7 Å². The molecule has 34 heavy (non-hydrogen) atoms. The monoisotopic (exact) mass is 473 g/mol. The number of aromatic nitrogens is 3. The SMILES string of the molecule is COc1cc(F)c2nc(N3CC[C@H](N[C@@H]4CCCOC4)[C@H](F)C3)c(-c3nc(C)no3)c(C)c2c1. The fraction of sp³-hybridized carbons (Fsp3) is 0.542. The van der Waals surface area contributed by atoms with Gasteiger partial charge in [0.1, 0.15) is 23.3 Å². The molecule has 2 aliphatic rings. The van der Waals surface area contributed by atoms with Crippen LogP contribution in [0.25, 0.3) is 22.4 Å². The van der Waals surface area contributed by atoms with Gasteiger partial charge in [0.25, 0.3) is 5.89 Å². The third-order valence-corrected chi connectivity index (χ3v) is 6.69. The fourth-order valence-electron chi connectivity index (χ4n) is 4.90. The number of nitrogens with zero attached hydrogens (tertiary/aromatic N) is 4. The molecule has 8 nitrogen and oxygen atoms in total. The van der Waals surface area contributed by atoms with Crippen molar-refractivity contribution in [1.82, 2.24) is 20.4 Å². The van der Waals surface area contributed by atoms with Gasteiger partial charge in [0.05, 0.1) is 25.8 Å². The number of anilines is 1. The maximum Gasteiger partial charge on any atom is 0.261 e. The van der Waals surface area contributed by atoms with E-state index in [1.807, 2.05) is 11.8 Å². The predicted molar refractivity (Wildman–Crippen MR) is 124 cm³/mol. The summed E-state index contributed by atoms with van der Waals surface area (Å²) in [5.41, 5.74) is 1.50. The Balaban J connectivity index is 1.51. The van der Waals surface area contributed by atoms with Crippen LogP contribution in [0.1, 0.15) is 30.7 Å². The number of fused-ring (bicyclic) bond motifs is 1. The first-order chi connectivity index (χ1) is 16.4. The highest BCUT2D eigenvalue weighted by atomic mass is 19.1. The van der Waals surface area contributed by atoms with E-state index in [1.54, 1.807) is 13.0 Å². The molecule has 2 aliphatic heterocycles. The normalized spacial score (nSPS) is 23.4. The summed E-state index contributed by atoms with van der Waals surface area (Å²) in [7, 11) is 1.49. The van der Waals surface area contributed by atoms with E-state index in [1.165, 1.54) is 13.2 Å². The van der Waals surface area contributed by atoms with Crippen LogP contribution in [0.2, 0.25) is 0 Å². The van der Waals surface area contributed by atoms with Crippen LogP contribution in [-0.2, 0) is 4.74 Å². The molecule has 1 aromatic carbocycles. The number of pyridine rings is 1. The number of benzene rings is 1. The van der Waals surface area contributed by atoms with Crippen molar-refractivity contribution in [2.24, 2.45) is 0 Å². The number of ether oxygens (including phenoxy) is 2. The average Bonchev–Trinajstić information content (AvgIpc) is 3.27. The van der Waals surface area contributed by atoms with E-state index in [0.29, 0.717) is 47.9 Å². The zero-order valence-corrected chi connectivity index (χ0v) is 19.6. The first kappa shape index (κ1) is 22.9. The molecule has 0 radical (unpaired) electrons. The van der Waals surface area contributed by atoms with Crippen molar-refractivity contribution in [3.63, 3.8) is 0 Å². The summed E-state index contributed by atoms with van der Waals surface area (Å²) in [6.07, 6.45) is 1.44. The van der Waals surface area contributed by atoms with E-state index in [4.69, 9.17) is 14.0 Å². The first-order valence-corrected chi connectivity index (χ1v) is 11.7. The predicted octanol–water partition coefficient (Wildman–Crippen LogP) is 3.73. The van der Waals surface area contributed by atoms with Crippen LogP contribution in [0.4, 0.5) is 14.6 Å². The molecule has 10 heteroatoms. The van der Waals surface area contributed by atoms with Gasteiger partial charge in [0.15, 0.2) is 11.6 Å². The fourth-order valence-corrected chi connectivity index (χ4v) is 4.90. The highest BCUT2D eigenvalue weighted by Crippen LogP contribution is 2.39. The van der Waals surface area contributed by atoms with Crippen LogP contribution in [0.3, 0.4) is 0 Å². The van der Waals surface area contributed by atoms with Crippen molar-refractivity contribution in [2.75, 3.05) is 38.3 Å². The van der Waals surface area contributed by atoms with Crippen molar-refractivity contribution < 1.29 is 22.8 Å². The Morgan fingerprint density at radius 2 is 2.06 bits per heavy atom. The number of nitrogens with one attached hydrogen (secondary N) is 1. The lowest BCUT2D eigenvalue weighted by atomic mass is 9.98. The molecule has 2 fully saturated rings. The van der Waals surface area contributed by atoms with Gasteiger partial charge in [0, 0.05) is 36.7 Å². The number of rotatable bonds is 5. The average molecular weight is 474 g/mol. The van der Waals surface area contributed by atoms with Gasteiger partial charge in [-0.25, -0.2) is 13.8 Å². The second-order valence-electron chi connectivity index (χ2n) is 9.03. The molecule has 3 aromatic rings. The number of methoxy groups -OCH3 is 1. The Labute approximate surface area is 196 Å². The second-order valence-corrected chi connectivity index (χ2v) is 9.03. The minimum Gasteiger partial charge on any atom is -0.497 e. The van der Waals surface area contributed by atoms with Gasteiger partial charge >= 0.3 is 0 Å². The summed E-state index contributed by atoms with van der Waals surface area (Å²) >= 11 is 0. The minimum atomic E-state index is -1.12. The molecule has 0 unspecified atom stereocenters. The van der Waals surface area contributed by atoms with Crippen LogP contribution in [0.15, 0.2) is 16.7 Å². The summed E-state index contributed by atoms with van der Waals surface area (Å²) in [6.45, 7) is 5.64. The minimum absolute atomic E-state index is 0.126. The standard InChI is InChI=1S/C24H29F2N5O3/c1-13-17-9-16(32-3)10-18(25)22(17)29-23(21(13)24-27-14(2)30-34-24)31-7-6-20(19(26)11-31)28-15-5-4-8-33-12-15/h9-10,15,19-20,28H,4-8,11-12H2,1-3H3/t15-,19-,20+/m1/s1. The molecule has 4 heterocycles. The molecular weight excluding hydrogens is 444 g/mol. The summed E-state index contributed by atoms with van der Waals surface area (Å²) < 4.78 is 46.6. The number of piperidine rings is 1. The van der Waals surface area contributed by atoms with Gasteiger partial charge < -0.3 is 24.2 Å². The third-order valence-electron chi connectivity index (χ3n) is 6.69. The zero-order chi connectivity index (χ0) is 23.8. The Morgan fingerprint density at radius 1 is 1.21 bits per heavy atom. The van der Waals surface area contributed by atoms with Crippen LogP contribution < -0.4 is 15.0 Å². The molecule has 0 saturated carbocycles. The Hall–Kier alpha value is -2.85. The van der Waals surface area contributed by atoms with Crippen molar-refractivity contribution in [1.29, 1.82) is 0 Å². The summed E-state index contributed by atoms with van der Waals surface area (Å²) in [5, 5.41) is 7.93. The van der Waals surface area contributed by atoms with Gasteiger partial charge in [-0.15, -0.1) is 0 Å². The van der Waals surface area contributed by atoms with Crippen LogP contribution in [0.5, 0.6) is 5.75 Å². The summed E-state index contributed by atoms with van der Waals surface area (Å²) in [5.74, 6) is 1.08. The Bertz CT molecular complexity index is 1180. The number of hydrogen-bond acceptors (Lipinski definition) is 8. The Morgan fingerprint density at radius 3 is 2.74 bits per heavy atom. The van der Waals surface area contributed by atoms with E-state index in [-0.39, 0.29) is 30.0 Å². The number of halogens is 2. The molecule has 0 aliphatic carbocycles. The van der Waals surface area contributed by atoms with Gasteiger partial charge in [-0.2, -0.15) is 4.98 Å². The zero-order valence-electron chi connectivity index (χ0n) is 19.6. The van der Waals surface area contributed by atoms with E-state index in [9.17, 15) is 4.39 Å². The third kappa shape index (κ3) is 4.32. The van der Waals surface area contributed by atoms with Crippen LogP contribution in [-0.4, -0.2) is 66.8 Å². The molecule has 3 atom stereocenters. The molecule has 0 spiro atoms. The second kappa shape index (κ2) is 9.42. The molecule has 1 N–H and O–H groups in total. The first-order valence-electron chi connectivity index (χ1n) is 11.7. The van der Waals surface area contributed by atoms with Crippen molar-refractivity contribution in [3.05, 3.63) is 29.3 Å². The quantitative estimate of drug-likeness (QED) is 0.600. The molecule has 2 saturated heterocycles. The molecule has 0 bridgehead atoms. The maximum absolute atomic E-state index is 15.4. The number of hydrogen-bond donors (Lipinski definition) is 1. The topological polar surface area (TPSA) is 85.5 Å². The largest absolute Gasteiger partial charge is 0.497 e. The number of aryl methyl sites for hydroxylation is 2. The van der Waals surface area contributed by atoms with E-state index in [0.717, 1.165) is 25.0 Å². The lowest BCUT2D eigenvalue weighted by Gasteiger charge is -2.38. The van der Waals surface area contributed by atoms with Gasteiger partial charge in [-0.1, -0.05) is 5.16 Å². The van der Waals surface area contributed by atoms with E-state index in [2.05, 4.69) is 20.4 Å². The summed E-state index contributed by atoms with van der Waals surface area (Å²) in [6, 6.07) is 2.94. The van der Waals surface area contributed by atoms with Gasteiger partial charge in [0.2, 0.25) is 0 Å². The van der Waals surface area contributed by atoms with Gasteiger partial charge in [-0.05, 0) is 44.7 Å². The molecular formula is C24H29F2N5O3. The van der Waals surface area contributed by atoms with Crippen molar-refractivity contribution >= 4 is 16.7 Å². The highest BCUT2D eigenvalue weighted by molar-refractivity contribution is 5.93. The van der Waals surface area contributed by atoms with Crippen LogP contribution >= 0.6 is 0 Å². The smallest absolute Gasteiger partial charge is 0.261 e. The molecule has 2 aromatic heterocycles. The van der Waals surface area contributed by atoms with Gasteiger partial charge in [-0.3, -0.25) is 0 Å². The highest BCUT2D eigenvalue weighted by Gasteiger charge is 2.34. The maximum atomic E-state index is 15.4. The molecule has 0 amide bonds. The number of alkyl halides is 1. The Kier molecular flexibility index (Phi) is 6.35. The van der Waals surface area contributed by atoms with E-state index >= 15 is 4.39 Å². The lowest BCUT2D eigenvalue weighted by Crippen LogP contribution is -2.55. The lowest BCUT2D eigenvalue weighted by molar-refractivity contribution is 0.0588. The van der Waals surface area contributed by atoms with Crippen molar-refractivity contribution in [2.45, 2.75) is 51.4 Å². The summed E-state index contributed by atoms with van der Waals surface area (Å²) in [4.78, 5) is 10.9. The molecule has 182 valence electrons. The van der Waals surface area contributed by atoms with Crippen molar-refractivity contribution in [3.8, 4) is 17.2 Å². The van der Waals surface area contributed by atoms with E-state index < -0.39 is 12.0 Å². The molecule has 5 rings (SSSR count).